The molecule has 17 heavy (non-hydrogen) atoms. The summed E-state index contributed by atoms with van der Waals surface area (Å²) in [5.41, 5.74) is 1.26. The van der Waals surface area contributed by atoms with E-state index in [1.807, 2.05) is 36.3 Å². The highest BCUT2D eigenvalue weighted by Gasteiger charge is 2.12. The highest BCUT2D eigenvalue weighted by atomic mass is 32.1. The van der Waals surface area contributed by atoms with Gasteiger partial charge < -0.3 is 5.32 Å². The van der Waals surface area contributed by atoms with Gasteiger partial charge in [0.2, 0.25) is 0 Å². The van der Waals surface area contributed by atoms with Crippen molar-refractivity contribution < 1.29 is 0 Å². The van der Waals surface area contributed by atoms with Crippen LogP contribution in [0.2, 0.25) is 0 Å². The minimum Gasteiger partial charge on any atom is -0.312 e. The van der Waals surface area contributed by atoms with E-state index in [1.165, 1.54) is 23.4 Å². The van der Waals surface area contributed by atoms with Gasteiger partial charge in [0, 0.05) is 24.2 Å². The van der Waals surface area contributed by atoms with Crippen molar-refractivity contribution in [3.8, 4) is 0 Å². The average molecular weight is 249 g/mol. The Morgan fingerprint density at radius 1 is 1.47 bits per heavy atom. The van der Waals surface area contributed by atoms with E-state index in [9.17, 15) is 0 Å². The summed E-state index contributed by atoms with van der Waals surface area (Å²) < 4.78 is 1.95. The van der Waals surface area contributed by atoms with Crippen LogP contribution in [0.25, 0.3) is 0 Å². The van der Waals surface area contributed by atoms with Crippen molar-refractivity contribution in [2.45, 2.75) is 25.3 Å². The van der Waals surface area contributed by atoms with Gasteiger partial charge in [-0.3, -0.25) is 4.68 Å². The zero-order valence-corrected chi connectivity index (χ0v) is 11.2. The van der Waals surface area contributed by atoms with Crippen LogP contribution >= 0.6 is 11.3 Å². The monoisotopic (exact) mass is 249 g/mol. The second-order valence-electron chi connectivity index (χ2n) is 4.19. The van der Waals surface area contributed by atoms with Gasteiger partial charge in [0.15, 0.2) is 0 Å². The van der Waals surface area contributed by atoms with Crippen LogP contribution in [0.15, 0.2) is 29.8 Å². The summed E-state index contributed by atoms with van der Waals surface area (Å²) in [5, 5.41) is 9.73. The number of aromatic nitrogens is 2. The summed E-state index contributed by atoms with van der Waals surface area (Å²) in [6.07, 6.45) is 5.39. The SMILES string of the molecule is CNC(CCCc1cccs1)c1ccnn1C. The molecule has 0 bridgehead atoms. The third-order valence-corrected chi connectivity index (χ3v) is 4.00. The number of rotatable bonds is 6. The van der Waals surface area contributed by atoms with E-state index >= 15 is 0 Å². The number of hydrogen-bond acceptors (Lipinski definition) is 3. The Morgan fingerprint density at radius 3 is 2.94 bits per heavy atom. The van der Waals surface area contributed by atoms with Crippen molar-refractivity contribution in [3.05, 3.63) is 40.3 Å². The zero-order valence-electron chi connectivity index (χ0n) is 10.4. The van der Waals surface area contributed by atoms with E-state index < -0.39 is 0 Å². The van der Waals surface area contributed by atoms with E-state index in [1.54, 1.807) is 0 Å². The third kappa shape index (κ3) is 3.17. The molecule has 92 valence electrons. The molecule has 1 atom stereocenters. The van der Waals surface area contributed by atoms with Crippen LogP contribution in [0, 0.1) is 0 Å². The first-order valence-corrected chi connectivity index (χ1v) is 6.87. The van der Waals surface area contributed by atoms with Crippen LogP contribution < -0.4 is 5.32 Å². The molecule has 1 N–H and O–H groups in total. The van der Waals surface area contributed by atoms with Crippen LogP contribution in [-0.2, 0) is 13.5 Å². The molecule has 0 radical (unpaired) electrons. The summed E-state index contributed by atoms with van der Waals surface area (Å²) in [5.74, 6) is 0. The summed E-state index contributed by atoms with van der Waals surface area (Å²) in [6.45, 7) is 0. The highest BCUT2D eigenvalue weighted by Crippen LogP contribution is 2.19. The maximum absolute atomic E-state index is 4.22. The molecular weight excluding hydrogens is 230 g/mol. The Morgan fingerprint density at radius 2 is 2.35 bits per heavy atom. The minimum absolute atomic E-state index is 0.405. The fourth-order valence-electron chi connectivity index (χ4n) is 2.10. The van der Waals surface area contributed by atoms with E-state index in [0.29, 0.717) is 6.04 Å². The number of hydrogen-bond donors (Lipinski definition) is 1. The fourth-order valence-corrected chi connectivity index (χ4v) is 2.85. The molecule has 2 aromatic rings. The van der Waals surface area contributed by atoms with Crippen molar-refractivity contribution in [2.75, 3.05) is 7.05 Å². The van der Waals surface area contributed by atoms with Crippen LogP contribution in [0.3, 0.4) is 0 Å². The van der Waals surface area contributed by atoms with Gasteiger partial charge in [0.1, 0.15) is 0 Å². The van der Waals surface area contributed by atoms with Crippen molar-refractivity contribution in [1.82, 2.24) is 15.1 Å². The smallest absolute Gasteiger partial charge is 0.0550 e. The van der Waals surface area contributed by atoms with Gasteiger partial charge in [-0.2, -0.15) is 5.10 Å². The van der Waals surface area contributed by atoms with Crippen molar-refractivity contribution in [1.29, 1.82) is 0 Å². The lowest BCUT2D eigenvalue weighted by atomic mass is 10.1. The molecule has 4 heteroatoms. The predicted octanol–water partition coefficient (Wildman–Crippen LogP) is 2.77. The Kier molecular flexibility index (Phi) is 4.34. The molecule has 0 aliphatic rings. The maximum Gasteiger partial charge on any atom is 0.0550 e. The standard InChI is InChI=1S/C13H19N3S/c1-14-12(13-8-9-15-16(13)2)7-3-5-11-6-4-10-17-11/h4,6,8-10,12,14H,3,5,7H2,1-2H3. The molecule has 0 fully saturated rings. The maximum atomic E-state index is 4.22. The molecule has 0 amide bonds. The van der Waals surface area contributed by atoms with Gasteiger partial charge >= 0.3 is 0 Å². The molecule has 0 saturated carbocycles. The molecule has 2 rings (SSSR count). The highest BCUT2D eigenvalue weighted by molar-refractivity contribution is 7.09. The molecule has 3 nitrogen and oxygen atoms in total. The number of thiophene rings is 1. The molecule has 0 aromatic carbocycles. The van der Waals surface area contributed by atoms with E-state index in [0.717, 1.165) is 6.42 Å². The van der Waals surface area contributed by atoms with Crippen LogP contribution in [0.5, 0.6) is 0 Å². The van der Waals surface area contributed by atoms with Crippen molar-refractivity contribution in [2.24, 2.45) is 7.05 Å². The van der Waals surface area contributed by atoms with Crippen LogP contribution in [-0.4, -0.2) is 16.8 Å². The van der Waals surface area contributed by atoms with Crippen molar-refractivity contribution in [3.63, 3.8) is 0 Å². The van der Waals surface area contributed by atoms with Gasteiger partial charge in [-0.15, -0.1) is 11.3 Å². The predicted molar refractivity (Wildman–Crippen MR) is 72.3 cm³/mol. The molecular formula is C13H19N3S. The first-order valence-electron chi connectivity index (χ1n) is 5.99. The lowest BCUT2D eigenvalue weighted by molar-refractivity contribution is 0.491. The van der Waals surface area contributed by atoms with E-state index in [-0.39, 0.29) is 0 Å². The van der Waals surface area contributed by atoms with Gasteiger partial charge in [-0.1, -0.05) is 6.07 Å². The van der Waals surface area contributed by atoms with Crippen LogP contribution in [0.4, 0.5) is 0 Å². The van der Waals surface area contributed by atoms with E-state index in [4.69, 9.17) is 0 Å². The number of nitrogens with zero attached hydrogens (tertiary/aromatic N) is 2. The Labute approximate surface area is 106 Å². The first kappa shape index (κ1) is 12.3. The molecule has 2 heterocycles. The molecule has 2 aromatic heterocycles. The minimum atomic E-state index is 0.405. The third-order valence-electron chi connectivity index (χ3n) is 3.06. The Bertz CT molecular complexity index is 433. The lowest BCUT2D eigenvalue weighted by Gasteiger charge is -2.16. The summed E-state index contributed by atoms with van der Waals surface area (Å²) >= 11 is 1.84. The fraction of sp³-hybridized carbons (Fsp3) is 0.462. The Balaban J connectivity index is 1.86. The molecule has 1 unspecified atom stereocenters. The second-order valence-corrected chi connectivity index (χ2v) is 5.22. The molecule has 0 saturated heterocycles. The average Bonchev–Trinajstić information content (AvgIpc) is 2.96. The molecule has 0 aliphatic heterocycles. The van der Waals surface area contributed by atoms with E-state index in [2.05, 4.69) is 34.0 Å². The molecule has 0 spiro atoms. The summed E-state index contributed by atoms with van der Waals surface area (Å²) in [7, 11) is 4.02. The Hall–Kier alpha value is -1.13. The van der Waals surface area contributed by atoms with Gasteiger partial charge in [0.25, 0.3) is 0 Å². The van der Waals surface area contributed by atoms with Gasteiger partial charge in [-0.05, 0) is 43.8 Å². The summed E-state index contributed by atoms with van der Waals surface area (Å²) in [6, 6.07) is 6.83. The largest absolute Gasteiger partial charge is 0.312 e. The zero-order chi connectivity index (χ0) is 12.1. The van der Waals surface area contributed by atoms with Crippen molar-refractivity contribution >= 4 is 11.3 Å². The van der Waals surface area contributed by atoms with Crippen LogP contribution in [0.1, 0.15) is 29.5 Å². The molecule has 0 aliphatic carbocycles. The number of aryl methyl sites for hydroxylation is 2. The topological polar surface area (TPSA) is 29.9 Å². The van der Waals surface area contributed by atoms with Gasteiger partial charge in [-0.25, -0.2) is 0 Å². The summed E-state index contributed by atoms with van der Waals surface area (Å²) in [4.78, 5) is 1.48. The quantitative estimate of drug-likeness (QED) is 0.853. The second kappa shape index (κ2) is 5.98. The number of nitrogens with one attached hydrogen (secondary N) is 1. The van der Waals surface area contributed by atoms with Gasteiger partial charge in [0.05, 0.1) is 5.69 Å². The normalized spacial score (nSPS) is 12.8. The first-order chi connectivity index (χ1) is 8.31. The lowest BCUT2D eigenvalue weighted by Crippen LogP contribution is -2.19.